The van der Waals surface area contributed by atoms with Crippen molar-refractivity contribution in [2.75, 3.05) is 13.2 Å². The summed E-state index contributed by atoms with van der Waals surface area (Å²) in [6.07, 6.45) is 3.68. The van der Waals surface area contributed by atoms with Crippen molar-refractivity contribution in [2.24, 2.45) is 0 Å². The molecule has 2 nitrogen and oxygen atoms in total. The molecule has 4 aromatic carbocycles. The van der Waals surface area contributed by atoms with Gasteiger partial charge in [-0.1, -0.05) is 54.6 Å². The average Bonchev–Trinajstić information content (AvgIpc) is 2.67. The summed E-state index contributed by atoms with van der Waals surface area (Å²) in [6, 6.07) is 20.6. The van der Waals surface area contributed by atoms with Crippen LogP contribution in [0.4, 0.5) is 0 Å². The second-order valence-electron chi connectivity index (χ2n) is 7.54. The van der Waals surface area contributed by atoms with Gasteiger partial charge in [0.15, 0.2) is 0 Å². The van der Waals surface area contributed by atoms with E-state index in [-0.39, 0.29) is 0 Å². The Morgan fingerprint density at radius 3 is 2.36 bits per heavy atom. The van der Waals surface area contributed by atoms with E-state index < -0.39 is 0 Å². The molecule has 1 aliphatic rings. The first-order chi connectivity index (χ1) is 12.3. The van der Waals surface area contributed by atoms with Gasteiger partial charge in [-0.05, 0) is 45.2 Å². The van der Waals surface area contributed by atoms with Crippen LogP contribution in [0, 0.1) is 0 Å². The molecule has 25 heavy (non-hydrogen) atoms. The van der Waals surface area contributed by atoms with E-state index in [1.54, 1.807) is 4.90 Å². The monoisotopic (exact) mass is 330 g/mol. The zero-order valence-corrected chi connectivity index (χ0v) is 14.5. The maximum atomic E-state index is 9.75. The second kappa shape index (κ2) is 5.98. The lowest BCUT2D eigenvalue weighted by Gasteiger charge is -2.31. The SMILES string of the molecule is OC[C@@H]1CCCC[NH+]1Cc1ccc2ccc3cccc4ccc1c2c34. The summed E-state index contributed by atoms with van der Waals surface area (Å²) < 4.78 is 0. The van der Waals surface area contributed by atoms with Gasteiger partial charge in [0.25, 0.3) is 0 Å². The lowest BCUT2D eigenvalue weighted by atomic mass is 9.91. The van der Waals surface area contributed by atoms with Crippen LogP contribution >= 0.6 is 0 Å². The van der Waals surface area contributed by atoms with E-state index in [0.717, 1.165) is 13.0 Å². The van der Waals surface area contributed by atoms with Gasteiger partial charge >= 0.3 is 0 Å². The number of likely N-dealkylation sites (tertiary alicyclic amines) is 1. The van der Waals surface area contributed by atoms with Crippen molar-refractivity contribution in [2.45, 2.75) is 31.8 Å². The van der Waals surface area contributed by atoms with E-state index in [2.05, 4.69) is 54.6 Å². The summed E-state index contributed by atoms with van der Waals surface area (Å²) in [7, 11) is 0. The average molecular weight is 330 g/mol. The molecule has 126 valence electrons. The highest BCUT2D eigenvalue weighted by molar-refractivity contribution is 6.23. The predicted octanol–water partition coefficient (Wildman–Crippen LogP) is 3.51. The number of quaternary nitrogens is 1. The van der Waals surface area contributed by atoms with E-state index in [0.29, 0.717) is 12.6 Å². The number of benzene rings is 4. The van der Waals surface area contributed by atoms with Crippen molar-refractivity contribution in [3.63, 3.8) is 0 Å². The van der Waals surface area contributed by atoms with Gasteiger partial charge in [-0.3, -0.25) is 0 Å². The third-order valence-electron chi connectivity index (χ3n) is 6.13. The Balaban J connectivity index is 1.68. The van der Waals surface area contributed by atoms with Crippen LogP contribution in [0.2, 0.25) is 0 Å². The summed E-state index contributed by atoms with van der Waals surface area (Å²) in [6.45, 7) is 2.49. The topological polar surface area (TPSA) is 24.7 Å². The van der Waals surface area contributed by atoms with Crippen LogP contribution in [0.15, 0.2) is 54.6 Å². The van der Waals surface area contributed by atoms with Gasteiger partial charge in [-0.25, -0.2) is 0 Å². The van der Waals surface area contributed by atoms with Crippen molar-refractivity contribution in [3.8, 4) is 0 Å². The van der Waals surface area contributed by atoms with Crippen LogP contribution in [0.3, 0.4) is 0 Å². The van der Waals surface area contributed by atoms with E-state index in [1.165, 1.54) is 57.3 Å². The molecule has 0 aromatic heterocycles. The zero-order valence-electron chi connectivity index (χ0n) is 14.5. The fourth-order valence-electron chi connectivity index (χ4n) is 4.80. The molecule has 1 unspecified atom stereocenters. The lowest BCUT2D eigenvalue weighted by Crippen LogP contribution is -3.15. The third-order valence-corrected chi connectivity index (χ3v) is 6.13. The first kappa shape index (κ1) is 15.1. The van der Waals surface area contributed by atoms with E-state index in [1.807, 2.05) is 0 Å². The summed E-state index contributed by atoms with van der Waals surface area (Å²) in [5, 5.41) is 17.9. The Labute approximate surface area is 148 Å². The van der Waals surface area contributed by atoms with Gasteiger partial charge < -0.3 is 10.0 Å². The van der Waals surface area contributed by atoms with Crippen molar-refractivity contribution >= 4 is 32.3 Å². The lowest BCUT2D eigenvalue weighted by molar-refractivity contribution is -0.944. The van der Waals surface area contributed by atoms with Crippen LogP contribution in [0.1, 0.15) is 24.8 Å². The van der Waals surface area contributed by atoms with Crippen molar-refractivity contribution in [1.29, 1.82) is 0 Å². The normalized spacial score (nSPS) is 21.5. The Morgan fingerprint density at radius 1 is 0.840 bits per heavy atom. The Hall–Kier alpha value is -2.16. The fourth-order valence-corrected chi connectivity index (χ4v) is 4.80. The standard InChI is InChI=1S/C23H23NO/c25-15-20-6-1-2-13-24(20)14-19-10-9-18-8-7-16-4-3-5-17-11-12-21(19)23(18)22(16)17/h3-5,7-12,20,25H,1-2,6,13-15H2/p+1/t20-/m0/s1. The highest BCUT2D eigenvalue weighted by Gasteiger charge is 2.26. The molecular formula is C23H24NO+. The van der Waals surface area contributed by atoms with Crippen LogP contribution in [0.5, 0.6) is 0 Å². The first-order valence-corrected chi connectivity index (χ1v) is 9.46. The minimum absolute atomic E-state index is 0.307. The van der Waals surface area contributed by atoms with Crippen molar-refractivity contribution in [1.82, 2.24) is 0 Å². The summed E-state index contributed by atoms with van der Waals surface area (Å²) in [5.41, 5.74) is 1.42. The van der Waals surface area contributed by atoms with Gasteiger partial charge in [0.1, 0.15) is 12.6 Å². The quantitative estimate of drug-likeness (QED) is 0.552. The molecule has 4 aromatic rings. The van der Waals surface area contributed by atoms with Crippen LogP contribution in [-0.4, -0.2) is 24.3 Å². The molecule has 2 heteroatoms. The molecule has 1 aliphatic heterocycles. The zero-order chi connectivity index (χ0) is 16.8. The fraction of sp³-hybridized carbons (Fsp3) is 0.304. The Morgan fingerprint density at radius 2 is 1.56 bits per heavy atom. The molecule has 0 saturated carbocycles. The van der Waals surface area contributed by atoms with Gasteiger partial charge in [0.2, 0.25) is 0 Å². The molecule has 5 rings (SSSR count). The molecule has 0 aliphatic carbocycles. The molecule has 0 radical (unpaired) electrons. The van der Waals surface area contributed by atoms with E-state index in [4.69, 9.17) is 0 Å². The molecule has 2 N–H and O–H groups in total. The number of piperidine rings is 1. The van der Waals surface area contributed by atoms with Gasteiger partial charge in [-0.15, -0.1) is 0 Å². The Bertz CT molecular complexity index is 1020. The molecule has 1 fully saturated rings. The van der Waals surface area contributed by atoms with Crippen LogP contribution in [-0.2, 0) is 6.54 Å². The smallest absolute Gasteiger partial charge is 0.111 e. The number of hydrogen-bond donors (Lipinski definition) is 2. The van der Waals surface area contributed by atoms with Crippen LogP contribution in [0.25, 0.3) is 32.3 Å². The number of aliphatic hydroxyl groups is 1. The maximum absolute atomic E-state index is 9.75. The number of aliphatic hydroxyl groups excluding tert-OH is 1. The third kappa shape index (κ3) is 2.40. The molecule has 1 saturated heterocycles. The van der Waals surface area contributed by atoms with Gasteiger partial charge in [0, 0.05) is 12.0 Å². The minimum atomic E-state index is 0.307. The van der Waals surface area contributed by atoms with Crippen molar-refractivity contribution in [3.05, 3.63) is 60.2 Å². The van der Waals surface area contributed by atoms with E-state index in [9.17, 15) is 5.11 Å². The highest BCUT2D eigenvalue weighted by atomic mass is 16.3. The molecular weight excluding hydrogens is 306 g/mol. The highest BCUT2D eigenvalue weighted by Crippen LogP contribution is 2.35. The minimum Gasteiger partial charge on any atom is -0.390 e. The molecule has 2 atom stereocenters. The predicted molar refractivity (Wildman–Crippen MR) is 104 cm³/mol. The summed E-state index contributed by atoms with van der Waals surface area (Å²) in [5.74, 6) is 0. The number of rotatable bonds is 3. The van der Waals surface area contributed by atoms with Crippen LogP contribution < -0.4 is 4.90 Å². The van der Waals surface area contributed by atoms with E-state index >= 15 is 0 Å². The Kier molecular flexibility index (Phi) is 3.61. The largest absolute Gasteiger partial charge is 0.390 e. The number of hydrogen-bond acceptors (Lipinski definition) is 1. The van der Waals surface area contributed by atoms with Gasteiger partial charge in [-0.2, -0.15) is 0 Å². The summed E-state index contributed by atoms with van der Waals surface area (Å²) >= 11 is 0. The van der Waals surface area contributed by atoms with Crippen molar-refractivity contribution < 1.29 is 10.0 Å². The number of nitrogens with one attached hydrogen (secondary N) is 1. The molecule has 1 heterocycles. The van der Waals surface area contributed by atoms with Gasteiger partial charge in [0.05, 0.1) is 13.2 Å². The second-order valence-corrected chi connectivity index (χ2v) is 7.54. The molecule has 0 spiro atoms. The molecule has 0 bridgehead atoms. The summed E-state index contributed by atoms with van der Waals surface area (Å²) in [4.78, 5) is 1.55. The molecule has 0 amide bonds. The maximum Gasteiger partial charge on any atom is 0.111 e. The first-order valence-electron chi connectivity index (χ1n) is 9.46.